The lowest BCUT2D eigenvalue weighted by atomic mass is 10.1. The summed E-state index contributed by atoms with van der Waals surface area (Å²) in [6.45, 7) is 1.17. The molecule has 0 unspecified atom stereocenters. The summed E-state index contributed by atoms with van der Waals surface area (Å²) in [6.07, 6.45) is 2.23. The second-order valence-corrected chi connectivity index (χ2v) is 5.88. The van der Waals surface area contributed by atoms with Crippen molar-refractivity contribution in [3.05, 3.63) is 29.8 Å². The topological polar surface area (TPSA) is 61.8 Å². The summed E-state index contributed by atoms with van der Waals surface area (Å²) in [7, 11) is 1.67. The zero-order valence-electron chi connectivity index (χ0n) is 12.3. The zero-order chi connectivity index (χ0) is 14.8. The van der Waals surface area contributed by atoms with Crippen molar-refractivity contribution in [1.82, 2.24) is 10.2 Å². The molecule has 2 amide bonds. The number of carbonyl (C=O) groups excluding carboxylic acids is 1. The van der Waals surface area contributed by atoms with E-state index in [1.54, 1.807) is 12.0 Å². The number of aliphatic hydroxyl groups excluding tert-OH is 1. The third-order valence-corrected chi connectivity index (χ3v) is 4.32. The minimum Gasteiger partial charge on any atom is -0.496 e. The van der Waals surface area contributed by atoms with Crippen molar-refractivity contribution in [2.75, 3.05) is 20.2 Å². The first-order chi connectivity index (χ1) is 10.2. The van der Waals surface area contributed by atoms with Crippen LogP contribution in [0.5, 0.6) is 5.75 Å². The van der Waals surface area contributed by atoms with Crippen molar-refractivity contribution in [1.29, 1.82) is 0 Å². The Hall–Kier alpha value is -1.75. The number of hydrogen-bond donors (Lipinski definition) is 2. The highest BCUT2D eigenvalue weighted by Crippen LogP contribution is 2.44. The number of aliphatic hydroxyl groups is 1. The van der Waals surface area contributed by atoms with Gasteiger partial charge >= 0.3 is 6.03 Å². The number of nitrogens with zero attached hydrogens (tertiary/aromatic N) is 1. The molecule has 0 spiro atoms. The molecule has 3 rings (SSSR count). The molecule has 1 aliphatic carbocycles. The summed E-state index contributed by atoms with van der Waals surface area (Å²) in [4.78, 5) is 13.9. The van der Waals surface area contributed by atoms with Gasteiger partial charge in [-0.3, -0.25) is 0 Å². The molecule has 1 saturated heterocycles. The van der Waals surface area contributed by atoms with Gasteiger partial charge in [-0.1, -0.05) is 18.2 Å². The predicted octanol–water partition coefficient (Wildman–Crippen LogP) is 1.72. The molecule has 3 atom stereocenters. The van der Waals surface area contributed by atoms with Gasteiger partial charge in [-0.25, -0.2) is 4.79 Å². The van der Waals surface area contributed by atoms with E-state index in [9.17, 15) is 9.90 Å². The monoisotopic (exact) mass is 290 g/mol. The van der Waals surface area contributed by atoms with Crippen LogP contribution in [-0.4, -0.2) is 48.4 Å². The van der Waals surface area contributed by atoms with Crippen LogP contribution in [0.3, 0.4) is 0 Å². The lowest BCUT2D eigenvalue weighted by Gasteiger charge is -2.30. The zero-order valence-corrected chi connectivity index (χ0v) is 12.3. The number of carbonyl (C=O) groups is 1. The number of methoxy groups -OCH3 is 1. The van der Waals surface area contributed by atoms with Crippen molar-refractivity contribution in [2.45, 2.75) is 37.3 Å². The molecule has 5 nitrogen and oxygen atoms in total. The number of likely N-dealkylation sites (tertiary alicyclic amines) is 1. The molecule has 1 aromatic rings. The number of benzene rings is 1. The highest BCUT2D eigenvalue weighted by atomic mass is 16.5. The molecular formula is C16H22N2O3. The molecule has 114 valence electrons. The van der Waals surface area contributed by atoms with Gasteiger partial charge in [0.15, 0.2) is 0 Å². The first-order valence-electron chi connectivity index (χ1n) is 7.55. The highest BCUT2D eigenvalue weighted by molar-refractivity contribution is 5.75. The van der Waals surface area contributed by atoms with E-state index >= 15 is 0 Å². The number of β-amino-alcohol motifs (C(OH)–C–C–N with tert-alkyl or cyclic N) is 1. The van der Waals surface area contributed by atoms with Crippen LogP contribution in [0.25, 0.3) is 0 Å². The third kappa shape index (κ3) is 3.13. The van der Waals surface area contributed by atoms with E-state index in [0.29, 0.717) is 12.5 Å². The van der Waals surface area contributed by atoms with Crippen molar-refractivity contribution < 1.29 is 14.6 Å². The van der Waals surface area contributed by atoms with Crippen LogP contribution in [0.4, 0.5) is 4.79 Å². The fraction of sp³-hybridized carbons (Fsp3) is 0.562. The number of piperidine rings is 1. The summed E-state index contributed by atoms with van der Waals surface area (Å²) in [5.74, 6) is 1.22. The largest absolute Gasteiger partial charge is 0.496 e. The van der Waals surface area contributed by atoms with E-state index < -0.39 is 0 Å². The lowest BCUT2D eigenvalue weighted by Crippen LogP contribution is -2.47. The van der Waals surface area contributed by atoms with E-state index in [-0.39, 0.29) is 18.2 Å². The van der Waals surface area contributed by atoms with Crippen molar-refractivity contribution in [3.63, 3.8) is 0 Å². The van der Waals surface area contributed by atoms with E-state index in [1.807, 2.05) is 18.2 Å². The number of amides is 2. The minimum atomic E-state index is -0.381. The lowest BCUT2D eigenvalue weighted by molar-refractivity contribution is 0.0841. The van der Waals surface area contributed by atoms with Crippen LogP contribution in [0.15, 0.2) is 24.3 Å². The molecule has 2 aliphatic rings. The van der Waals surface area contributed by atoms with E-state index in [0.717, 1.165) is 37.1 Å². The minimum absolute atomic E-state index is 0.0591. The van der Waals surface area contributed by atoms with Crippen LogP contribution < -0.4 is 10.1 Å². The summed E-state index contributed by atoms with van der Waals surface area (Å²) in [5, 5.41) is 12.7. The Labute approximate surface area is 124 Å². The second kappa shape index (κ2) is 5.93. The van der Waals surface area contributed by atoms with Gasteiger partial charge in [-0.15, -0.1) is 0 Å². The quantitative estimate of drug-likeness (QED) is 0.891. The van der Waals surface area contributed by atoms with Gasteiger partial charge in [-0.05, 0) is 30.9 Å². The fourth-order valence-corrected chi connectivity index (χ4v) is 3.06. The molecule has 1 heterocycles. The molecule has 2 N–H and O–H groups in total. The van der Waals surface area contributed by atoms with Crippen LogP contribution in [0.1, 0.15) is 30.7 Å². The maximum absolute atomic E-state index is 12.2. The Morgan fingerprint density at radius 1 is 1.43 bits per heavy atom. The van der Waals surface area contributed by atoms with Crippen LogP contribution in [-0.2, 0) is 0 Å². The molecule has 1 aromatic carbocycles. The smallest absolute Gasteiger partial charge is 0.317 e. The molecule has 0 bridgehead atoms. The number of ether oxygens (including phenoxy) is 1. The molecule has 21 heavy (non-hydrogen) atoms. The third-order valence-electron chi connectivity index (χ3n) is 4.32. The van der Waals surface area contributed by atoms with Gasteiger partial charge < -0.3 is 20.1 Å². The second-order valence-electron chi connectivity index (χ2n) is 5.88. The standard InChI is InChI=1S/C16H22N2O3/c1-21-15-7-3-2-6-12(15)13-9-14(13)17-16(20)18-8-4-5-11(19)10-18/h2-3,6-7,11,13-14,19H,4-5,8-10H2,1H3,(H,17,20)/t11-,13-,14+/m0/s1. The van der Waals surface area contributed by atoms with Gasteiger partial charge in [0.2, 0.25) is 0 Å². The molecule has 1 saturated carbocycles. The van der Waals surface area contributed by atoms with E-state index in [2.05, 4.69) is 11.4 Å². The summed E-state index contributed by atoms with van der Waals surface area (Å²) in [5.41, 5.74) is 1.16. The van der Waals surface area contributed by atoms with Gasteiger partial charge in [-0.2, -0.15) is 0 Å². The maximum Gasteiger partial charge on any atom is 0.317 e. The van der Waals surface area contributed by atoms with Crippen molar-refractivity contribution >= 4 is 6.03 Å². The fourth-order valence-electron chi connectivity index (χ4n) is 3.06. The van der Waals surface area contributed by atoms with Crippen LogP contribution >= 0.6 is 0 Å². The Kier molecular flexibility index (Phi) is 4.01. The van der Waals surface area contributed by atoms with Gasteiger partial charge in [0.25, 0.3) is 0 Å². The normalized spacial score (nSPS) is 28.1. The first-order valence-corrected chi connectivity index (χ1v) is 7.55. The van der Waals surface area contributed by atoms with Crippen LogP contribution in [0, 0.1) is 0 Å². The average molecular weight is 290 g/mol. The van der Waals surface area contributed by atoms with E-state index in [4.69, 9.17) is 4.74 Å². The number of urea groups is 1. The van der Waals surface area contributed by atoms with Crippen molar-refractivity contribution in [3.8, 4) is 5.75 Å². The Morgan fingerprint density at radius 3 is 3.00 bits per heavy atom. The molecule has 0 aromatic heterocycles. The van der Waals surface area contributed by atoms with Gasteiger partial charge in [0, 0.05) is 25.0 Å². The van der Waals surface area contributed by atoms with E-state index in [1.165, 1.54) is 0 Å². The summed E-state index contributed by atoms with van der Waals surface area (Å²) >= 11 is 0. The van der Waals surface area contributed by atoms with Crippen LogP contribution in [0.2, 0.25) is 0 Å². The van der Waals surface area contributed by atoms with Gasteiger partial charge in [0.1, 0.15) is 5.75 Å². The molecule has 5 heteroatoms. The SMILES string of the molecule is COc1ccccc1[C@@H]1C[C@H]1NC(=O)N1CCC[C@H](O)C1. The first kappa shape index (κ1) is 14.2. The Balaban J connectivity index is 1.57. The molecule has 0 radical (unpaired) electrons. The Morgan fingerprint density at radius 2 is 2.24 bits per heavy atom. The van der Waals surface area contributed by atoms with Crippen molar-refractivity contribution in [2.24, 2.45) is 0 Å². The summed E-state index contributed by atoms with van der Waals surface area (Å²) < 4.78 is 5.37. The Bertz CT molecular complexity index is 520. The molecule has 2 fully saturated rings. The average Bonchev–Trinajstić information content (AvgIpc) is 3.26. The maximum atomic E-state index is 12.2. The number of hydrogen-bond acceptors (Lipinski definition) is 3. The number of nitrogens with one attached hydrogen (secondary N) is 1. The number of rotatable bonds is 3. The molecule has 1 aliphatic heterocycles. The predicted molar refractivity (Wildman–Crippen MR) is 79.5 cm³/mol. The summed E-state index contributed by atoms with van der Waals surface area (Å²) in [6, 6.07) is 8.07. The number of para-hydroxylation sites is 1. The molecular weight excluding hydrogens is 268 g/mol. The highest BCUT2D eigenvalue weighted by Gasteiger charge is 2.42. The van der Waals surface area contributed by atoms with Gasteiger partial charge in [0.05, 0.1) is 13.2 Å².